The number of aliphatic hydroxyl groups excluding tert-OH is 1. The average Bonchev–Trinajstić information content (AvgIpc) is 2.34. The van der Waals surface area contributed by atoms with Crippen molar-refractivity contribution in [3.05, 3.63) is 45.5 Å². The van der Waals surface area contributed by atoms with E-state index < -0.39 is 12.6 Å². The van der Waals surface area contributed by atoms with Gasteiger partial charge in [-0.05, 0) is 24.3 Å². The van der Waals surface area contributed by atoms with Gasteiger partial charge in [0.15, 0.2) is 0 Å². The Morgan fingerprint density at radius 3 is 2.78 bits per heavy atom. The highest BCUT2D eigenvalue weighted by Gasteiger charge is 2.11. The van der Waals surface area contributed by atoms with Crippen molar-refractivity contribution in [2.24, 2.45) is 0 Å². The molecule has 0 aliphatic rings. The number of benzene rings is 1. The highest BCUT2D eigenvalue weighted by Crippen LogP contribution is 2.21. The van der Waals surface area contributed by atoms with Crippen LogP contribution in [0.25, 0.3) is 0 Å². The van der Waals surface area contributed by atoms with Crippen LogP contribution >= 0.6 is 23.2 Å². The summed E-state index contributed by atoms with van der Waals surface area (Å²) in [6.45, 7) is -0.503. The molecule has 0 unspecified atom stereocenters. The second-order valence-electron chi connectivity index (χ2n) is 3.22. The quantitative estimate of drug-likeness (QED) is 0.682. The van der Waals surface area contributed by atoms with E-state index in [4.69, 9.17) is 38.3 Å². The van der Waals surface area contributed by atoms with Crippen LogP contribution < -0.4 is 0 Å². The molecule has 0 radical (unpaired) electrons. The van der Waals surface area contributed by atoms with Crippen LogP contribution in [0.3, 0.4) is 0 Å². The first-order valence-corrected chi connectivity index (χ1v) is 5.66. The Bertz CT molecular complexity index is 521. The molecule has 1 aromatic rings. The van der Waals surface area contributed by atoms with Gasteiger partial charge in [0.25, 0.3) is 0 Å². The number of esters is 1. The highest BCUT2D eigenvalue weighted by atomic mass is 35.5. The van der Waals surface area contributed by atoms with Gasteiger partial charge in [-0.1, -0.05) is 23.2 Å². The number of ether oxygens (including phenoxy) is 1. The van der Waals surface area contributed by atoms with Gasteiger partial charge in [-0.3, -0.25) is 0 Å². The van der Waals surface area contributed by atoms with Crippen LogP contribution in [0.4, 0.5) is 0 Å². The Balaban J connectivity index is 2.67. The van der Waals surface area contributed by atoms with Crippen molar-refractivity contribution in [3.8, 4) is 6.07 Å². The maximum absolute atomic E-state index is 11.6. The van der Waals surface area contributed by atoms with Crippen molar-refractivity contribution < 1.29 is 14.6 Å². The van der Waals surface area contributed by atoms with E-state index in [2.05, 4.69) is 0 Å². The number of rotatable bonds is 4. The van der Waals surface area contributed by atoms with Crippen molar-refractivity contribution >= 4 is 29.2 Å². The normalized spacial score (nSPS) is 10.9. The van der Waals surface area contributed by atoms with Crippen molar-refractivity contribution in [1.82, 2.24) is 0 Å². The van der Waals surface area contributed by atoms with Crippen LogP contribution in [0, 0.1) is 11.3 Å². The summed E-state index contributed by atoms with van der Waals surface area (Å²) in [5, 5.41) is 17.9. The lowest BCUT2D eigenvalue weighted by atomic mass is 10.2. The second kappa shape index (κ2) is 7.02. The minimum Gasteiger partial charge on any atom is -0.458 e. The van der Waals surface area contributed by atoms with Gasteiger partial charge in [-0.25, -0.2) is 4.79 Å². The van der Waals surface area contributed by atoms with Crippen LogP contribution in [0.1, 0.15) is 10.4 Å². The van der Waals surface area contributed by atoms with Gasteiger partial charge < -0.3 is 9.84 Å². The molecule has 1 N–H and O–H groups in total. The van der Waals surface area contributed by atoms with E-state index in [-0.39, 0.29) is 22.8 Å². The number of halogens is 2. The topological polar surface area (TPSA) is 70.3 Å². The molecule has 0 saturated carbocycles. The van der Waals surface area contributed by atoms with Crippen LogP contribution in [0.2, 0.25) is 10.0 Å². The zero-order chi connectivity index (χ0) is 13.5. The molecule has 0 amide bonds. The monoisotopic (exact) mass is 285 g/mol. The Labute approximate surface area is 114 Å². The zero-order valence-electron chi connectivity index (χ0n) is 9.19. The summed E-state index contributed by atoms with van der Waals surface area (Å²) in [5.41, 5.74) is 0.321. The van der Waals surface area contributed by atoms with Crippen molar-refractivity contribution in [2.45, 2.75) is 0 Å². The Kier molecular flexibility index (Phi) is 5.66. The van der Waals surface area contributed by atoms with Gasteiger partial charge in [0.05, 0.1) is 28.8 Å². The molecule has 6 heteroatoms. The van der Waals surface area contributed by atoms with Gasteiger partial charge in [0, 0.05) is 5.02 Å². The summed E-state index contributed by atoms with van der Waals surface area (Å²) < 4.78 is 4.88. The van der Waals surface area contributed by atoms with Crippen LogP contribution in [0.15, 0.2) is 29.8 Å². The molecule has 0 aromatic heterocycles. The average molecular weight is 286 g/mol. The van der Waals surface area contributed by atoms with E-state index in [0.29, 0.717) is 5.02 Å². The summed E-state index contributed by atoms with van der Waals surface area (Å²) in [5.74, 6) is -0.622. The van der Waals surface area contributed by atoms with Gasteiger partial charge in [0.1, 0.15) is 6.61 Å². The molecule has 4 nitrogen and oxygen atoms in total. The van der Waals surface area contributed by atoms with E-state index in [1.54, 1.807) is 6.07 Å². The molecule has 0 heterocycles. The third-order valence-electron chi connectivity index (χ3n) is 2.01. The highest BCUT2D eigenvalue weighted by molar-refractivity contribution is 6.36. The number of nitriles is 1. The number of hydrogen-bond acceptors (Lipinski definition) is 4. The lowest BCUT2D eigenvalue weighted by molar-refractivity contribution is 0.0549. The van der Waals surface area contributed by atoms with Gasteiger partial charge in [-0.15, -0.1) is 0 Å². The predicted molar refractivity (Wildman–Crippen MR) is 67.5 cm³/mol. The van der Waals surface area contributed by atoms with Crippen LogP contribution in [-0.4, -0.2) is 24.3 Å². The second-order valence-corrected chi connectivity index (χ2v) is 4.07. The van der Waals surface area contributed by atoms with E-state index >= 15 is 0 Å². The Morgan fingerprint density at radius 2 is 2.22 bits per heavy atom. The van der Waals surface area contributed by atoms with E-state index in [1.165, 1.54) is 24.3 Å². The molecule has 1 rings (SSSR count). The summed E-state index contributed by atoms with van der Waals surface area (Å²) in [6, 6.07) is 6.17. The van der Waals surface area contributed by atoms with Crippen LogP contribution in [-0.2, 0) is 4.74 Å². The van der Waals surface area contributed by atoms with E-state index in [9.17, 15) is 4.79 Å². The summed E-state index contributed by atoms with van der Waals surface area (Å²) in [6.07, 6.45) is 1.32. The maximum atomic E-state index is 11.6. The summed E-state index contributed by atoms with van der Waals surface area (Å²) in [7, 11) is 0. The molecule has 18 heavy (non-hydrogen) atoms. The Hall–Kier alpha value is -1.54. The van der Waals surface area contributed by atoms with E-state index in [0.717, 1.165) is 0 Å². The van der Waals surface area contributed by atoms with Crippen LogP contribution in [0.5, 0.6) is 0 Å². The first kappa shape index (κ1) is 14.5. The predicted octanol–water partition coefficient (Wildman–Crippen LogP) is 2.59. The molecule has 0 aliphatic carbocycles. The fourth-order valence-electron chi connectivity index (χ4n) is 1.10. The molecule has 1 aromatic carbocycles. The standard InChI is InChI=1S/C12H9Cl2NO3/c13-9-1-2-10(11(14)5-9)12(17)18-4-3-8(6-15)7-16/h1-3,5,16H,4,7H2/b8-3+. The first-order chi connectivity index (χ1) is 8.58. The minimum absolute atomic E-state index is 0.110. The lowest BCUT2D eigenvalue weighted by Gasteiger charge is -2.04. The number of aliphatic hydroxyl groups is 1. The largest absolute Gasteiger partial charge is 0.458 e. The van der Waals surface area contributed by atoms with Crippen molar-refractivity contribution in [1.29, 1.82) is 5.26 Å². The molecule has 0 spiro atoms. The lowest BCUT2D eigenvalue weighted by Crippen LogP contribution is -2.06. The molecular weight excluding hydrogens is 277 g/mol. The van der Waals surface area contributed by atoms with Crippen molar-refractivity contribution in [2.75, 3.05) is 13.2 Å². The number of hydrogen-bond donors (Lipinski definition) is 1. The molecular formula is C12H9Cl2NO3. The van der Waals surface area contributed by atoms with Gasteiger partial charge >= 0.3 is 5.97 Å². The van der Waals surface area contributed by atoms with Crippen molar-refractivity contribution in [3.63, 3.8) is 0 Å². The molecule has 0 saturated heterocycles. The Morgan fingerprint density at radius 1 is 1.50 bits per heavy atom. The maximum Gasteiger partial charge on any atom is 0.339 e. The third kappa shape index (κ3) is 4.04. The summed E-state index contributed by atoms with van der Waals surface area (Å²) >= 11 is 11.5. The van der Waals surface area contributed by atoms with E-state index in [1.807, 2.05) is 0 Å². The fourth-order valence-corrected chi connectivity index (χ4v) is 1.58. The number of nitrogens with zero attached hydrogens (tertiary/aromatic N) is 1. The molecule has 94 valence electrons. The van der Waals surface area contributed by atoms with Gasteiger partial charge in [-0.2, -0.15) is 5.26 Å². The minimum atomic E-state index is -0.622. The molecule has 0 atom stereocenters. The number of carbonyl (C=O) groups excluding carboxylic acids is 1. The van der Waals surface area contributed by atoms with Gasteiger partial charge in [0.2, 0.25) is 0 Å². The summed E-state index contributed by atoms with van der Waals surface area (Å²) in [4.78, 5) is 11.6. The molecule has 0 bridgehead atoms. The zero-order valence-corrected chi connectivity index (χ0v) is 10.7. The smallest absolute Gasteiger partial charge is 0.339 e. The SMILES string of the molecule is N#C/C(=C\COC(=O)c1ccc(Cl)cc1Cl)CO. The molecule has 0 fully saturated rings. The number of carbonyl (C=O) groups is 1. The first-order valence-electron chi connectivity index (χ1n) is 4.90. The third-order valence-corrected chi connectivity index (χ3v) is 2.56. The fraction of sp³-hybridized carbons (Fsp3) is 0.167. The molecule has 0 aliphatic heterocycles.